The van der Waals surface area contributed by atoms with Crippen LogP contribution in [0.25, 0.3) is 10.2 Å². The summed E-state index contributed by atoms with van der Waals surface area (Å²) >= 11 is 1.19. The maximum atomic E-state index is 13.1. The van der Waals surface area contributed by atoms with Crippen molar-refractivity contribution in [2.45, 2.75) is 26.8 Å². The zero-order valence-corrected chi connectivity index (χ0v) is 12.8. The van der Waals surface area contributed by atoms with Gasteiger partial charge in [-0.3, -0.25) is 9.59 Å². The van der Waals surface area contributed by atoms with E-state index in [0.29, 0.717) is 15.3 Å². The second-order valence-electron chi connectivity index (χ2n) is 5.04. The Morgan fingerprint density at radius 1 is 1.33 bits per heavy atom. The Labute approximate surface area is 125 Å². The van der Waals surface area contributed by atoms with E-state index in [-0.39, 0.29) is 23.5 Å². The Bertz CT molecular complexity index is 684. The van der Waals surface area contributed by atoms with Gasteiger partial charge in [-0.25, -0.2) is 9.37 Å². The number of halogens is 1. The molecule has 1 aromatic carbocycles. The normalized spacial score (nSPS) is 12.4. The van der Waals surface area contributed by atoms with E-state index in [9.17, 15) is 14.0 Å². The number of fused-ring (bicyclic) bond motifs is 1. The molecule has 0 saturated heterocycles. The zero-order valence-electron chi connectivity index (χ0n) is 11.9. The third-order valence-corrected chi connectivity index (χ3v) is 3.82. The molecule has 21 heavy (non-hydrogen) atoms. The van der Waals surface area contributed by atoms with Crippen LogP contribution >= 0.6 is 11.3 Å². The molecule has 2 aromatic rings. The molecule has 0 unspecified atom stereocenters. The van der Waals surface area contributed by atoms with Gasteiger partial charge in [-0.1, -0.05) is 25.2 Å². The Morgan fingerprint density at radius 3 is 2.67 bits per heavy atom. The van der Waals surface area contributed by atoms with Gasteiger partial charge in [0.05, 0.1) is 10.2 Å². The van der Waals surface area contributed by atoms with E-state index in [4.69, 9.17) is 0 Å². The van der Waals surface area contributed by atoms with E-state index in [1.165, 1.54) is 30.4 Å². The highest BCUT2D eigenvalue weighted by Gasteiger charge is 2.23. The molecule has 0 spiro atoms. The number of nitrogens with zero attached hydrogens (tertiary/aromatic N) is 1. The maximum Gasteiger partial charge on any atom is 0.248 e. The predicted octanol–water partition coefficient (Wildman–Crippen LogP) is 2.53. The molecule has 0 aliphatic rings. The SMILES string of the molecule is CC(=O)N[C@@H](C(=O)Nc1nc2ccc(F)cc2s1)C(C)C. The summed E-state index contributed by atoms with van der Waals surface area (Å²) in [5.74, 6) is -1.00. The molecule has 2 N–H and O–H groups in total. The Hall–Kier alpha value is -2.02. The molecule has 0 radical (unpaired) electrons. The number of amides is 2. The second kappa shape index (κ2) is 6.17. The number of rotatable bonds is 4. The molecule has 1 heterocycles. The Balaban J connectivity index is 2.17. The number of carbonyl (C=O) groups is 2. The number of aromatic nitrogens is 1. The van der Waals surface area contributed by atoms with Crippen molar-refractivity contribution < 1.29 is 14.0 Å². The van der Waals surface area contributed by atoms with Crippen LogP contribution in [0.1, 0.15) is 20.8 Å². The van der Waals surface area contributed by atoms with Gasteiger partial charge < -0.3 is 10.6 Å². The van der Waals surface area contributed by atoms with Crippen molar-refractivity contribution >= 4 is 38.5 Å². The van der Waals surface area contributed by atoms with Crippen LogP contribution in [0.4, 0.5) is 9.52 Å². The molecule has 1 atom stereocenters. The van der Waals surface area contributed by atoms with Crippen LogP contribution in [-0.4, -0.2) is 22.8 Å². The van der Waals surface area contributed by atoms with E-state index in [1.807, 2.05) is 13.8 Å². The average Bonchev–Trinajstić information content (AvgIpc) is 2.76. The predicted molar refractivity (Wildman–Crippen MR) is 80.7 cm³/mol. The smallest absolute Gasteiger partial charge is 0.248 e. The van der Waals surface area contributed by atoms with Crippen molar-refractivity contribution in [1.82, 2.24) is 10.3 Å². The van der Waals surface area contributed by atoms with E-state index in [1.54, 1.807) is 6.07 Å². The first-order valence-electron chi connectivity index (χ1n) is 6.51. The van der Waals surface area contributed by atoms with Crippen molar-refractivity contribution in [2.75, 3.05) is 5.32 Å². The van der Waals surface area contributed by atoms with Crippen LogP contribution in [0.3, 0.4) is 0 Å². The lowest BCUT2D eigenvalue weighted by Crippen LogP contribution is -2.46. The first-order valence-corrected chi connectivity index (χ1v) is 7.32. The van der Waals surface area contributed by atoms with Gasteiger partial charge >= 0.3 is 0 Å². The summed E-state index contributed by atoms with van der Waals surface area (Å²) in [6.07, 6.45) is 0. The van der Waals surface area contributed by atoms with Crippen LogP contribution in [0.5, 0.6) is 0 Å². The standard InChI is InChI=1S/C14H16FN3O2S/c1-7(2)12(16-8(3)19)13(20)18-14-17-10-5-4-9(15)6-11(10)21-14/h4-7,12H,1-3H3,(H,16,19)(H,17,18,20)/t12-/m1/s1. The first kappa shape index (κ1) is 15.4. The minimum atomic E-state index is -0.633. The van der Waals surface area contributed by atoms with Crippen LogP contribution < -0.4 is 10.6 Å². The fraction of sp³-hybridized carbons (Fsp3) is 0.357. The highest BCUT2D eigenvalue weighted by Crippen LogP contribution is 2.26. The van der Waals surface area contributed by atoms with Gasteiger partial charge in [0.15, 0.2) is 5.13 Å². The highest BCUT2D eigenvalue weighted by atomic mass is 32.1. The molecular weight excluding hydrogens is 293 g/mol. The quantitative estimate of drug-likeness (QED) is 0.911. The van der Waals surface area contributed by atoms with Crippen LogP contribution in [-0.2, 0) is 9.59 Å². The largest absolute Gasteiger partial charge is 0.344 e. The van der Waals surface area contributed by atoms with Crippen molar-refractivity contribution in [1.29, 1.82) is 0 Å². The van der Waals surface area contributed by atoms with Gasteiger partial charge in [-0.15, -0.1) is 0 Å². The summed E-state index contributed by atoms with van der Waals surface area (Å²) in [6, 6.07) is 3.62. The summed E-state index contributed by atoms with van der Waals surface area (Å²) in [6.45, 7) is 5.05. The summed E-state index contributed by atoms with van der Waals surface area (Å²) in [4.78, 5) is 27.6. The fourth-order valence-corrected chi connectivity index (χ4v) is 2.78. The summed E-state index contributed by atoms with van der Waals surface area (Å²) < 4.78 is 13.8. The van der Waals surface area contributed by atoms with Gasteiger partial charge in [0.1, 0.15) is 11.9 Å². The molecule has 0 aliphatic carbocycles. The molecular formula is C14H16FN3O2S. The number of carbonyl (C=O) groups excluding carboxylic acids is 2. The summed E-state index contributed by atoms with van der Waals surface area (Å²) in [7, 11) is 0. The number of hydrogen-bond donors (Lipinski definition) is 2. The maximum absolute atomic E-state index is 13.1. The number of benzene rings is 1. The van der Waals surface area contributed by atoms with E-state index >= 15 is 0 Å². The van der Waals surface area contributed by atoms with Crippen LogP contribution in [0.15, 0.2) is 18.2 Å². The van der Waals surface area contributed by atoms with Gasteiger partial charge in [0, 0.05) is 6.92 Å². The fourth-order valence-electron chi connectivity index (χ4n) is 1.89. The number of nitrogens with one attached hydrogen (secondary N) is 2. The van der Waals surface area contributed by atoms with Crippen molar-refractivity contribution in [3.63, 3.8) is 0 Å². The van der Waals surface area contributed by atoms with Crippen molar-refractivity contribution in [3.05, 3.63) is 24.0 Å². The molecule has 0 bridgehead atoms. The molecule has 0 fully saturated rings. The third-order valence-electron chi connectivity index (χ3n) is 2.89. The van der Waals surface area contributed by atoms with Crippen LogP contribution in [0, 0.1) is 11.7 Å². The zero-order chi connectivity index (χ0) is 15.6. The van der Waals surface area contributed by atoms with Crippen molar-refractivity contribution in [2.24, 2.45) is 5.92 Å². The van der Waals surface area contributed by atoms with E-state index < -0.39 is 6.04 Å². The van der Waals surface area contributed by atoms with Gasteiger partial charge in [-0.05, 0) is 24.1 Å². The Kier molecular flexibility index (Phi) is 4.52. The van der Waals surface area contributed by atoms with E-state index in [0.717, 1.165) is 0 Å². The molecule has 5 nitrogen and oxygen atoms in total. The molecule has 0 saturated carbocycles. The van der Waals surface area contributed by atoms with Crippen molar-refractivity contribution in [3.8, 4) is 0 Å². The van der Waals surface area contributed by atoms with Crippen LogP contribution in [0.2, 0.25) is 0 Å². The molecule has 2 amide bonds. The molecule has 1 aromatic heterocycles. The topological polar surface area (TPSA) is 71.1 Å². The number of anilines is 1. The third kappa shape index (κ3) is 3.75. The number of thiazole rings is 1. The number of hydrogen-bond acceptors (Lipinski definition) is 4. The minimum Gasteiger partial charge on any atom is -0.344 e. The first-order chi connectivity index (χ1) is 9.86. The molecule has 0 aliphatic heterocycles. The molecule has 2 rings (SSSR count). The lowest BCUT2D eigenvalue weighted by atomic mass is 10.0. The van der Waals surface area contributed by atoms with Gasteiger partial charge in [0.2, 0.25) is 11.8 Å². The summed E-state index contributed by atoms with van der Waals surface area (Å²) in [5, 5.41) is 5.66. The monoisotopic (exact) mass is 309 g/mol. The minimum absolute atomic E-state index is 0.0549. The summed E-state index contributed by atoms with van der Waals surface area (Å²) in [5.41, 5.74) is 0.623. The lowest BCUT2D eigenvalue weighted by Gasteiger charge is -2.19. The highest BCUT2D eigenvalue weighted by molar-refractivity contribution is 7.22. The second-order valence-corrected chi connectivity index (χ2v) is 6.07. The lowest BCUT2D eigenvalue weighted by molar-refractivity contribution is -0.126. The Morgan fingerprint density at radius 2 is 2.05 bits per heavy atom. The van der Waals surface area contributed by atoms with E-state index in [2.05, 4.69) is 15.6 Å². The van der Waals surface area contributed by atoms with Gasteiger partial charge in [-0.2, -0.15) is 0 Å². The average molecular weight is 309 g/mol. The molecule has 7 heteroatoms. The van der Waals surface area contributed by atoms with Gasteiger partial charge in [0.25, 0.3) is 0 Å². The molecule has 112 valence electrons.